The molecule has 0 unspecified atom stereocenters. The van der Waals surface area contributed by atoms with E-state index >= 15 is 0 Å². The zero-order valence-corrected chi connectivity index (χ0v) is 42.3. The minimum atomic E-state index is -0.714. The monoisotopic (exact) mass is 943 g/mol. The van der Waals surface area contributed by atoms with Crippen molar-refractivity contribution in [2.75, 3.05) is 4.90 Å². The molecule has 3 nitrogen and oxygen atoms in total. The lowest BCUT2D eigenvalue weighted by atomic mass is 9.63. The molecular formula is C70H57NO2. The van der Waals surface area contributed by atoms with Crippen LogP contribution in [0.4, 0.5) is 17.1 Å². The number of anilines is 3. The Morgan fingerprint density at radius 2 is 0.795 bits per heavy atom. The minimum Gasteiger partial charge on any atom is -0.457 e. The van der Waals surface area contributed by atoms with Crippen LogP contribution >= 0.6 is 0 Å². The molecule has 13 rings (SSSR count). The Balaban J connectivity index is 1.11. The third-order valence-corrected chi connectivity index (χ3v) is 15.8. The third-order valence-electron chi connectivity index (χ3n) is 15.8. The lowest BCUT2D eigenvalue weighted by Gasteiger charge is -2.43. The molecule has 0 fully saturated rings. The molecule has 10 aromatic rings. The van der Waals surface area contributed by atoms with E-state index in [2.05, 4.69) is 283 Å². The first kappa shape index (κ1) is 44.5. The Labute approximate surface area is 430 Å². The number of nitrogens with zero attached hydrogens (tertiary/aromatic N) is 1. The maximum Gasteiger partial charge on any atom is 0.156 e. The summed E-state index contributed by atoms with van der Waals surface area (Å²) in [7, 11) is 0. The fourth-order valence-electron chi connectivity index (χ4n) is 12.3. The van der Waals surface area contributed by atoms with Gasteiger partial charge in [0.15, 0.2) is 5.75 Å². The molecule has 354 valence electrons. The van der Waals surface area contributed by atoms with E-state index in [9.17, 15) is 0 Å². The van der Waals surface area contributed by atoms with E-state index in [0.717, 1.165) is 79.0 Å². The highest BCUT2D eigenvalue weighted by atomic mass is 16.5. The fourth-order valence-corrected chi connectivity index (χ4v) is 12.3. The molecule has 0 atom stereocenters. The zero-order chi connectivity index (χ0) is 49.7. The molecule has 2 heterocycles. The number of para-hydroxylation sites is 3. The van der Waals surface area contributed by atoms with Crippen molar-refractivity contribution in [1.82, 2.24) is 0 Å². The molecule has 0 saturated heterocycles. The van der Waals surface area contributed by atoms with Crippen molar-refractivity contribution in [3.05, 3.63) is 292 Å². The molecule has 0 radical (unpaired) electrons. The lowest BCUT2D eigenvalue weighted by molar-refractivity contribution is 0.434. The topological polar surface area (TPSA) is 21.7 Å². The number of fused-ring (bicyclic) bond motifs is 11. The van der Waals surface area contributed by atoms with Gasteiger partial charge >= 0.3 is 0 Å². The van der Waals surface area contributed by atoms with E-state index in [0.29, 0.717) is 0 Å². The molecule has 1 spiro atoms. The molecule has 1 aliphatic carbocycles. The molecule has 10 aromatic carbocycles. The van der Waals surface area contributed by atoms with E-state index in [1.165, 1.54) is 38.9 Å². The Bertz CT molecular complexity index is 3650. The van der Waals surface area contributed by atoms with Crippen molar-refractivity contribution in [3.8, 4) is 45.3 Å². The van der Waals surface area contributed by atoms with Gasteiger partial charge in [-0.05, 0) is 115 Å². The summed E-state index contributed by atoms with van der Waals surface area (Å²) < 4.78 is 14.5. The van der Waals surface area contributed by atoms with Crippen LogP contribution < -0.4 is 14.4 Å². The van der Waals surface area contributed by atoms with Crippen LogP contribution in [0.15, 0.2) is 237 Å². The van der Waals surface area contributed by atoms with Crippen LogP contribution in [0, 0.1) is 0 Å². The third kappa shape index (κ3) is 6.78. The number of hydrogen-bond acceptors (Lipinski definition) is 3. The van der Waals surface area contributed by atoms with Gasteiger partial charge in [0.1, 0.15) is 17.2 Å². The van der Waals surface area contributed by atoms with Crippen LogP contribution in [0.2, 0.25) is 0 Å². The summed E-state index contributed by atoms with van der Waals surface area (Å²) in [4.78, 5) is 2.41. The number of benzene rings is 10. The van der Waals surface area contributed by atoms with Crippen molar-refractivity contribution in [2.24, 2.45) is 0 Å². The first-order valence-corrected chi connectivity index (χ1v) is 25.7. The molecule has 0 saturated carbocycles. The van der Waals surface area contributed by atoms with Gasteiger partial charge in [-0.3, -0.25) is 0 Å². The Hall–Kier alpha value is -8.40. The minimum absolute atomic E-state index is 0.0783. The quantitative estimate of drug-likeness (QED) is 0.166. The maximum absolute atomic E-state index is 7.51. The molecule has 3 aliphatic rings. The second-order valence-corrected chi connectivity index (χ2v) is 22.0. The van der Waals surface area contributed by atoms with Gasteiger partial charge in [-0.2, -0.15) is 0 Å². The number of ether oxygens (including phenoxy) is 2. The van der Waals surface area contributed by atoms with Crippen LogP contribution in [0.3, 0.4) is 0 Å². The van der Waals surface area contributed by atoms with E-state index in [4.69, 9.17) is 9.47 Å². The summed E-state index contributed by atoms with van der Waals surface area (Å²) in [5.41, 5.74) is 18.1. The predicted molar refractivity (Wildman–Crippen MR) is 300 cm³/mol. The predicted octanol–water partition coefficient (Wildman–Crippen LogP) is 18.4. The van der Waals surface area contributed by atoms with E-state index in [1.807, 2.05) is 0 Å². The molecule has 0 amide bonds. The van der Waals surface area contributed by atoms with E-state index in [1.54, 1.807) is 0 Å². The summed E-state index contributed by atoms with van der Waals surface area (Å²) in [5, 5.41) is 0. The molecule has 3 heteroatoms. The fraction of sp³-hybridized carbons (Fsp3) is 0.143. The average molecular weight is 944 g/mol. The molecular weight excluding hydrogens is 887 g/mol. The summed E-state index contributed by atoms with van der Waals surface area (Å²) in [6.07, 6.45) is 0. The molecule has 0 N–H and O–H groups in total. The van der Waals surface area contributed by atoms with Gasteiger partial charge in [0.2, 0.25) is 0 Å². The highest BCUT2D eigenvalue weighted by Gasteiger charge is 2.53. The summed E-state index contributed by atoms with van der Waals surface area (Å²) >= 11 is 0. The van der Waals surface area contributed by atoms with Crippen molar-refractivity contribution >= 4 is 17.1 Å². The van der Waals surface area contributed by atoms with Crippen LogP contribution in [0.5, 0.6) is 23.0 Å². The highest BCUT2D eigenvalue weighted by Crippen LogP contribution is 2.65. The zero-order valence-electron chi connectivity index (χ0n) is 42.3. The van der Waals surface area contributed by atoms with Gasteiger partial charge in [0.05, 0.1) is 16.5 Å². The van der Waals surface area contributed by atoms with Crippen LogP contribution in [0.25, 0.3) is 22.3 Å². The maximum atomic E-state index is 7.51. The number of rotatable bonds is 6. The Kier molecular flexibility index (Phi) is 10.1. The highest BCUT2D eigenvalue weighted by molar-refractivity contribution is 5.92. The Morgan fingerprint density at radius 3 is 1.37 bits per heavy atom. The van der Waals surface area contributed by atoms with Gasteiger partial charge in [0.25, 0.3) is 0 Å². The van der Waals surface area contributed by atoms with Crippen LogP contribution in [-0.4, -0.2) is 0 Å². The number of hydrogen-bond donors (Lipinski definition) is 0. The normalized spacial score (nSPS) is 14.3. The second kappa shape index (κ2) is 16.6. The summed E-state index contributed by atoms with van der Waals surface area (Å²) in [6.45, 7) is 13.9. The standard InChI is InChI=1S/C70H57NO2/c1-67(2,3)50-35-40-54-55-41-36-51(68(4,5)6)44-60(55)70(59(54)43-50)57-28-17-19-32-64(57)73-66-58(70)29-20-30-62(66)71(52-37-33-47(34-38-52)46-21-10-7-11-22-46)53-39-42-65-61(45-53)69(48-23-12-8-13-24-48,49-25-14-9-15-26-49)56-27-16-18-31-63(56)72-65/h7-45H,1-6H3. The SMILES string of the molecule is CC(C)(C)c1ccc2c(c1)C1(c3ccccc3Oc3c(N(c4ccc(-c5ccccc5)cc4)c4ccc5c(c4)C(c4ccccc4)(c4ccccc4)c4ccccc4O5)cccc31)c1cc(C(C)(C)C)ccc1-2. The molecule has 73 heavy (non-hydrogen) atoms. The van der Waals surface area contributed by atoms with Crippen molar-refractivity contribution in [3.63, 3.8) is 0 Å². The van der Waals surface area contributed by atoms with Gasteiger partial charge in [-0.25, -0.2) is 0 Å². The summed E-state index contributed by atoms with van der Waals surface area (Å²) in [6, 6.07) is 86.7. The Morgan fingerprint density at radius 1 is 0.329 bits per heavy atom. The molecule has 0 aromatic heterocycles. The summed E-state index contributed by atoms with van der Waals surface area (Å²) in [5.74, 6) is 3.34. The van der Waals surface area contributed by atoms with Crippen molar-refractivity contribution in [1.29, 1.82) is 0 Å². The van der Waals surface area contributed by atoms with E-state index < -0.39 is 10.8 Å². The first-order valence-electron chi connectivity index (χ1n) is 25.7. The average Bonchev–Trinajstić information content (AvgIpc) is 3.70. The first-order chi connectivity index (χ1) is 35.5. The largest absolute Gasteiger partial charge is 0.457 e. The molecule has 2 aliphatic heterocycles. The van der Waals surface area contributed by atoms with Crippen molar-refractivity contribution < 1.29 is 9.47 Å². The smallest absolute Gasteiger partial charge is 0.156 e. The second-order valence-electron chi connectivity index (χ2n) is 22.0. The van der Waals surface area contributed by atoms with Crippen LogP contribution in [0.1, 0.15) is 97.2 Å². The van der Waals surface area contributed by atoms with Gasteiger partial charge in [-0.1, -0.05) is 230 Å². The van der Waals surface area contributed by atoms with Gasteiger partial charge in [-0.15, -0.1) is 0 Å². The van der Waals surface area contributed by atoms with Gasteiger partial charge in [0, 0.05) is 33.6 Å². The van der Waals surface area contributed by atoms with Gasteiger partial charge < -0.3 is 14.4 Å². The lowest BCUT2D eigenvalue weighted by Crippen LogP contribution is -2.34. The van der Waals surface area contributed by atoms with Crippen LogP contribution in [-0.2, 0) is 21.7 Å². The van der Waals surface area contributed by atoms with Crippen molar-refractivity contribution in [2.45, 2.75) is 63.2 Å². The van der Waals surface area contributed by atoms with E-state index in [-0.39, 0.29) is 10.8 Å². The molecule has 0 bridgehead atoms.